The van der Waals surface area contributed by atoms with Gasteiger partial charge < -0.3 is 9.88 Å². The smallest absolute Gasteiger partial charge is 0.234 e. The van der Waals surface area contributed by atoms with Gasteiger partial charge >= 0.3 is 0 Å². The quantitative estimate of drug-likeness (QED) is 0.454. The van der Waals surface area contributed by atoms with Crippen molar-refractivity contribution in [3.05, 3.63) is 59.7 Å². The molecule has 0 fully saturated rings. The van der Waals surface area contributed by atoms with Gasteiger partial charge in [0.05, 0.1) is 5.75 Å². The van der Waals surface area contributed by atoms with Crippen LogP contribution in [0, 0.1) is 0 Å². The van der Waals surface area contributed by atoms with E-state index >= 15 is 0 Å². The third-order valence-electron chi connectivity index (χ3n) is 5.24. The zero-order valence-electron chi connectivity index (χ0n) is 19.3. The van der Waals surface area contributed by atoms with Crippen molar-refractivity contribution >= 4 is 23.4 Å². The molecule has 0 atom stereocenters. The van der Waals surface area contributed by atoms with Crippen LogP contribution in [-0.4, -0.2) is 26.4 Å². The van der Waals surface area contributed by atoms with Gasteiger partial charge in [0.2, 0.25) is 5.91 Å². The predicted octanol–water partition coefficient (Wildman–Crippen LogP) is 6.12. The fourth-order valence-corrected chi connectivity index (χ4v) is 4.09. The first kappa shape index (κ1) is 23.1. The lowest BCUT2D eigenvalue weighted by atomic mass is 9.87. The Hall–Kier alpha value is -2.60. The monoisotopic (exact) mass is 436 g/mol. The maximum Gasteiger partial charge on any atom is 0.234 e. The zero-order chi connectivity index (χ0) is 22.6. The van der Waals surface area contributed by atoms with Gasteiger partial charge in [0, 0.05) is 17.8 Å². The molecule has 3 aromatic rings. The van der Waals surface area contributed by atoms with Crippen LogP contribution in [0.25, 0.3) is 11.4 Å². The van der Waals surface area contributed by atoms with Crippen molar-refractivity contribution in [2.24, 2.45) is 0 Å². The molecular formula is C25H32N4OS. The molecule has 0 aliphatic rings. The summed E-state index contributed by atoms with van der Waals surface area (Å²) in [6.45, 7) is 13.7. The van der Waals surface area contributed by atoms with E-state index in [9.17, 15) is 4.79 Å². The van der Waals surface area contributed by atoms with Gasteiger partial charge in [0.1, 0.15) is 0 Å². The third-order valence-corrected chi connectivity index (χ3v) is 6.20. The number of carbonyl (C=O) groups is 1. The fourth-order valence-electron chi connectivity index (χ4n) is 3.29. The molecule has 1 aromatic heterocycles. The molecule has 0 spiro atoms. The number of thioether (sulfide) groups is 1. The number of carbonyl (C=O) groups excluding carboxylic acids is 1. The number of hydrogen-bond acceptors (Lipinski definition) is 4. The normalized spacial score (nSPS) is 11.7. The van der Waals surface area contributed by atoms with E-state index in [1.54, 1.807) is 0 Å². The minimum absolute atomic E-state index is 0.0518. The maximum absolute atomic E-state index is 12.4. The average molecular weight is 437 g/mol. The molecule has 164 valence electrons. The molecular weight excluding hydrogens is 404 g/mol. The van der Waals surface area contributed by atoms with Crippen LogP contribution in [-0.2, 0) is 16.8 Å². The molecule has 3 rings (SSSR count). The summed E-state index contributed by atoms with van der Waals surface area (Å²) in [5, 5.41) is 12.4. The fraction of sp³-hybridized carbons (Fsp3) is 0.400. The summed E-state index contributed by atoms with van der Waals surface area (Å²) in [6.07, 6.45) is 0. The van der Waals surface area contributed by atoms with Gasteiger partial charge in [0.25, 0.3) is 0 Å². The number of rotatable bonds is 7. The van der Waals surface area contributed by atoms with E-state index in [0.717, 1.165) is 28.8 Å². The van der Waals surface area contributed by atoms with Crippen LogP contribution in [0.15, 0.2) is 53.7 Å². The molecule has 6 heteroatoms. The van der Waals surface area contributed by atoms with Crippen molar-refractivity contribution in [1.82, 2.24) is 14.8 Å². The number of nitrogens with zero attached hydrogens (tertiary/aromatic N) is 3. The predicted molar refractivity (Wildman–Crippen MR) is 130 cm³/mol. The molecule has 5 nitrogen and oxygen atoms in total. The van der Waals surface area contributed by atoms with E-state index in [4.69, 9.17) is 0 Å². The lowest BCUT2D eigenvalue weighted by molar-refractivity contribution is -0.113. The Labute approximate surface area is 189 Å². The highest BCUT2D eigenvalue weighted by molar-refractivity contribution is 7.99. The lowest BCUT2D eigenvalue weighted by Crippen LogP contribution is -2.14. The Kier molecular flexibility index (Phi) is 7.21. The van der Waals surface area contributed by atoms with Gasteiger partial charge in [-0.15, -0.1) is 10.2 Å². The molecule has 31 heavy (non-hydrogen) atoms. The Morgan fingerprint density at radius 2 is 1.68 bits per heavy atom. The second kappa shape index (κ2) is 9.69. The van der Waals surface area contributed by atoms with Crippen LogP contribution in [0.5, 0.6) is 0 Å². The van der Waals surface area contributed by atoms with Crippen molar-refractivity contribution in [1.29, 1.82) is 0 Å². The molecule has 0 saturated carbocycles. The van der Waals surface area contributed by atoms with Crippen LogP contribution < -0.4 is 5.32 Å². The van der Waals surface area contributed by atoms with E-state index < -0.39 is 0 Å². The van der Waals surface area contributed by atoms with Gasteiger partial charge in [-0.05, 0) is 41.5 Å². The van der Waals surface area contributed by atoms with Crippen molar-refractivity contribution in [3.63, 3.8) is 0 Å². The number of hydrogen-bond donors (Lipinski definition) is 1. The topological polar surface area (TPSA) is 59.8 Å². The highest BCUT2D eigenvalue weighted by atomic mass is 32.2. The zero-order valence-corrected chi connectivity index (χ0v) is 20.1. The average Bonchev–Trinajstić information content (AvgIpc) is 3.15. The summed E-state index contributed by atoms with van der Waals surface area (Å²) < 4.78 is 2.06. The van der Waals surface area contributed by atoms with Crippen LogP contribution in [0.4, 0.5) is 5.69 Å². The highest BCUT2D eigenvalue weighted by Crippen LogP contribution is 2.28. The molecule has 0 aliphatic carbocycles. The molecule has 0 aliphatic heterocycles. The molecule has 1 heterocycles. The SMILES string of the molecule is CCn1c(SCC(=O)Nc2ccc(C(C)C)cc2)nnc1-c1ccc(C(C)(C)C)cc1. The summed E-state index contributed by atoms with van der Waals surface area (Å²) in [7, 11) is 0. The summed E-state index contributed by atoms with van der Waals surface area (Å²) in [4.78, 5) is 12.4. The van der Waals surface area contributed by atoms with Crippen molar-refractivity contribution < 1.29 is 4.79 Å². The van der Waals surface area contributed by atoms with E-state index in [1.165, 1.54) is 22.9 Å². The number of benzene rings is 2. The lowest BCUT2D eigenvalue weighted by Gasteiger charge is -2.19. The summed E-state index contributed by atoms with van der Waals surface area (Å²) in [6, 6.07) is 16.5. The number of amides is 1. The second-order valence-electron chi connectivity index (χ2n) is 8.99. The second-order valence-corrected chi connectivity index (χ2v) is 9.93. The first-order chi connectivity index (χ1) is 14.7. The summed E-state index contributed by atoms with van der Waals surface area (Å²) in [5.74, 6) is 1.53. The van der Waals surface area contributed by atoms with E-state index in [0.29, 0.717) is 5.92 Å². The van der Waals surface area contributed by atoms with Gasteiger partial charge in [0.15, 0.2) is 11.0 Å². The van der Waals surface area contributed by atoms with Crippen LogP contribution in [0.1, 0.15) is 58.6 Å². The standard InChI is InChI=1S/C25H32N4OS/c1-7-29-23(19-8-12-20(13-9-19)25(4,5)6)27-28-24(29)31-16-22(30)26-21-14-10-18(11-15-21)17(2)3/h8-15,17H,7,16H2,1-6H3,(H,26,30). The van der Waals surface area contributed by atoms with Crippen molar-refractivity contribution in [3.8, 4) is 11.4 Å². The first-order valence-electron chi connectivity index (χ1n) is 10.8. The van der Waals surface area contributed by atoms with Gasteiger partial charge in [-0.1, -0.05) is 82.8 Å². The van der Waals surface area contributed by atoms with E-state index in [1.807, 2.05) is 12.1 Å². The van der Waals surface area contributed by atoms with Gasteiger partial charge in [-0.25, -0.2) is 0 Å². The Balaban J connectivity index is 1.66. The molecule has 0 saturated heterocycles. The molecule has 1 amide bonds. The van der Waals surface area contributed by atoms with Crippen molar-refractivity contribution in [2.45, 2.75) is 64.6 Å². The Bertz CT molecular complexity index is 1020. The molecule has 0 radical (unpaired) electrons. The van der Waals surface area contributed by atoms with Crippen LogP contribution in [0.3, 0.4) is 0 Å². The minimum Gasteiger partial charge on any atom is -0.325 e. The summed E-state index contributed by atoms with van der Waals surface area (Å²) in [5.41, 5.74) is 4.49. The first-order valence-corrected chi connectivity index (χ1v) is 11.7. The Morgan fingerprint density at radius 1 is 1.03 bits per heavy atom. The Morgan fingerprint density at radius 3 is 2.23 bits per heavy atom. The van der Waals surface area contributed by atoms with E-state index in [2.05, 4.69) is 98.0 Å². The van der Waals surface area contributed by atoms with E-state index in [-0.39, 0.29) is 17.1 Å². The highest BCUT2D eigenvalue weighted by Gasteiger charge is 2.17. The number of aromatic nitrogens is 3. The maximum atomic E-state index is 12.4. The molecule has 2 aromatic carbocycles. The van der Waals surface area contributed by atoms with Crippen molar-refractivity contribution in [2.75, 3.05) is 11.1 Å². The van der Waals surface area contributed by atoms with Gasteiger partial charge in [-0.3, -0.25) is 4.79 Å². The number of nitrogens with one attached hydrogen (secondary N) is 1. The third kappa shape index (κ3) is 5.76. The van der Waals surface area contributed by atoms with Crippen LogP contribution in [0.2, 0.25) is 0 Å². The largest absolute Gasteiger partial charge is 0.325 e. The van der Waals surface area contributed by atoms with Crippen LogP contribution >= 0.6 is 11.8 Å². The summed E-state index contributed by atoms with van der Waals surface area (Å²) >= 11 is 1.41. The van der Waals surface area contributed by atoms with Gasteiger partial charge in [-0.2, -0.15) is 0 Å². The number of anilines is 1. The minimum atomic E-state index is -0.0518. The molecule has 0 unspecified atom stereocenters. The molecule has 0 bridgehead atoms. The molecule has 1 N–H and O–H groups in total.